The van der Waals surface area contributed by atoms with E-state index in [1.807, 2.05) is 24.3 Å². The zero-order chi connectivity index (χ0) is 25.4. The van der Waals surface area contributed by atoms with Crippen LogP contribution in [0.5, 0.6) is 5.75 Å². The predicted octanol–water partition coefficient (Wildman–Crippen LogP) is -0.212. The number of fused-ring (bicyclic) bond motifs is 1. The van der Waals surface area contributed by atoms with Crippen LogP contribution in [0.15, 0.2) is 54.7 Å². The van der Waals surface area contributed by atoms with Gasteiger partial charge in [-0.25, -0.2) is 4.79 Å². The Morgan fingerprint density at radius 2 is 1.60 bits per heavy atom. The number of carbonyl (C=O) groups excluding carboxylic acids is 3. The summed E-state index contributed by atoms with van der Waals surface area (Å²) in [4.78, 5) is 51.7. The fourth-order valence-electron chi connectivity index (χ4n) is 3.59. The molecular formula is C24H27N5O6. The molecule has 0 fully saturated rings. The van der Waals surface area contributed by atoms with Crippen molar-refractivity contribution in [2.75, 3.05) is 13.1 Å². The molecule has 2 aromatic carbocycles. The first kappa shape index (κ1) is 25.2. The van der Waals surface area contributed by atoms with Crippen LogP contribution in [0.1, 0.15) is 11.1 Å². The second-order valence-electron chi connectivity index (χ2n) is 7.93. The molecule has 1 aromatic heterocycles. The predicted molar refractivity (Wildman–Crippen MR) is 127 cm³/mol. The molecule has 0 saturated carbocycles. The van der Waals surface area contributed by atoms with Crippen molar-refractivity contribution in [2.24, 2.45) is 5.73 Å². The number of aromatic amines is 1. The molecule has 184 valence electrons. The molecule has 35 heavy (non-hydrogen) atoms. The molecule has 0 radical (unpaired) electrons. The molecule has 3 rings (SSSR count). The van der Waals surface area contributed by atoms with Gasteiger partial charge in [0.1, 0.15) is 17.8 Å². The smallest absolute Gasteiger partial charge is 0.326 e. The number of H-pyrrole nitrogens is 1. The van der Waals surface area contributed by atoms with E-state index < -0.39 is 42.3 Å². The molecular weight excluding hydrogens is 454 g/mol. The number of phenolic OH excluding ortho intramolecular Hbond substituents is 1. The molecule has 3 amide bonds. The highest BCUT2D eigenvalue weighted by Gasteiger charge is 2.24. The average Bonchev–Trinajstić information content (AvgIpc) is 3.25. The van der Waals surface area contributed by atoms with E-state index in [1.54, 1.807) is 18.3 Å². The first-order valence-electron chi connectivity index (χ1n) is 10.9. The molecule has 0 bridgehead atoms. The second kappa shape index (κ2) is 11.7. The monoisotopic (exact) mass is 481 g/mol. The van der Waals surface area contributed by atoms with Crippen LogP contribution in [-0.4, -0.2) is 64.1 Å². The molecule has 3 aromatic rings. The van der Waals surface area contributed by atoms with Crippen molar-refractivity contribution in [3.05, 3.63) is 65.9 Å². The maximum absolute atomic E-state index is 12.7. The fraction of sp³-hybridized carbons (Fsp3) is 0.250. The first-order valence-corrected chi connectivity index (χ1v) is 10.9. The van der Waals surface area contributed by atoms with Gasteiger partial charge in [-0.05, 0) is 29.3 Å². The van der Waals surface area contributed by atoms with E-state index in [2.05, 4.69) is 20.9 Å². The van der Waals surface area contributed by atoms with Crippen molar-refractivity contribution >= 4 is 34.6 Å². The highest BCUT2D eigenvalue weighted by molar-refractivity contribution is 5.92. The summed E-state index contributed by atoms with van der Waals surface area (Å²) in [5.74, 6) is -3.05. The highest BCUT2D eigenvalue weighted by atomic mass is 16.4. The lowest BCUT2D eigenvalue weighted by molar-refractivity contribution is -0.141. The summed E-state index contributed by atoms with van der Waals surface area (Å²) in [6.45, 7) is -0.810. The van der Waals surface area contributed by atoms with Crippen LogP contribution in [0.3, 0.4) is 0 Å². The topological polar surface area (TPSA) is 187 Å². The maximum Gasteiger partial charge on any atom is 0.326 e. The van der Waals surface area contributed by atoms with Crippen LogP contribution in [-0.2, 0) is 32.0 Å². The number of carbonyl (C=O) groups is 4. The van der Waals surface area contributed by atoms with E-state index in [-0.39, 0.29) is 25.1 Å². The summed E-state index contributed by atoms with van der Waals surface area (Å²) in [6, 6.07) is 11.3. The Labute approximate surface area is 200 Å². The van der Waals surface area contributed by atoms with Gasteiger partial charge in [0.2, 0.25) is 17.7 Å². The van der Waals surface area contributed by atoms with Crippen LogP contribution in [0, 0.1) is 0 Å². The largest absolute Gasteiger partial charge is 0.508 e. The van der Waals surface area contributed by atoms with Gasteiger partial charge in [-0.2, -0.15) is 0 Å². The van der Waals surface area contributed by atoms with E-state index in [9.17, 15) is 29.4 Å². The third-order valence-corrected chi connectivity index (χ3v) is 5.37. The Morgan fingerprint density at radius 3 is 2.29 bits per heavy atom. The van der Waals surface area contributed by atoms with Gasteiger partial charge in [-0.3, -0.25) is 14.4 Å². The number of aromatic hydroxyl groups is 1. The summed E-state index contributed by atoms with van der Waals surface area (Å²) in [7, 11) is 0. The van der Waals surface area contributed by atoms with Crippen molar-refractivity contribution in [1.82, 2.24) is 20.9 Å². The van der Waals surface area contributed by atoms with Crippen LogP contribution in [0.25, 0.3) is 10.9 Å². The van der Waals surface area contributed by atoms with E-state index in [0.29, 0.717) is 5.56 Å². The molecule has 11 heteroatoms. The minimum atomic E-state index is -1.21. The number of benzene rings is 2. The Hall–Kier alpha value is -4.38. The number of nitrogens with two attached hydrogens (primary N) is 1. The standard InChI is InChI=1S/C24H27N5O6/c25-11-21(31)28-19(9-14-5-7-16(30)8-6-14)23(33)27-13-22(32)29-20(24(34)35)10-15-12-26-18-4-2-1-3-17(15)18/h1-8,12,19-20,26,30H,9-11,13,25H2,(H,27,33)(H,28,31)(H,29,32)(H,34,35). The molecule has 2 unspecified atom stereocenters. The number of rotatable bonds is 11. The van der Waals surface area contributed by atoms with Crippen LogP contribution < -0.4 is 21.7 Å². The van der Waals surface area contributed by atoms with E-state index in [4.69, 9.17) is 5.73 Å². The fourth-order valence-corrected chi connectivity index (χ4v) is 3.59. The summed E-state index contributed by atoms with van der Waals surface area (Å²) in [6.07, 6.45) is 1.84. The van der Waals surface area contributed by atoms with Gasteiger partial charge in [0, 0.05) is 29.9 Å². The molecule has 0 aliphatic carbocycles. The van der Waals surface area contributed by atoms with Gasteiger partial charge in [0.05, 0.1) is 13.1 Å². The summed E-state index contributed by atoms with van der Waals surface area (Å²) >= 11 is 0. The van der Waals surface area contributed by atoms with Gasteiger partial charge >= 0.3 is 5.97 Å². The molecule has 0 aliphatic rings. The number of hydrogen-bond donors (Lipinski definition) is 7. The zero-order valence-electron chi connectivity index (χ0n) is 18.8. The number of nitrogens with one attached hydrogen (secondary N) is 4. The third kappa shape index (κ3) is 7.05. The van der Waals surface area contributed by atoms with Crippen molar-refractivity contribution < 1.29 is 29.4 Å². The molecule has 8 N–H and O–H groups in total. The lowest BCUT2D eigenvalue weighted by Crippen LogP contribution is -2.52. The molecule has 2 atom stereocenters. The van der Waals surface area contributed by atoms with Gasteiger partial charge < -0.3 is 36.9 Å². The molecule has 0 aliphatic heterocycles. The van der Waals surface area contributed by atoms with Gasteiger partial charge in [0.15, 0.2) is 0 Å². The lowest BCUT2D eigenvalue weighted by atomic mass is 10.0. The third-order valence-electron chi connectivity index (χ3n) is 5.37. The van der Waals surface area contributed by atoms with Crippen LogP contribution in [0.2, 0.25) is 0 Å². The molecule has 1 heterocycles. The van der Waals surface area contributed by atoms with Crippen LogP contribution in [0.4, 0.5) is 0 Å². The number of carboxylic acid groups (broad SMARTS) is 1. The van der Waals surface area contributed by atoms with Gasteiger partial charge in [-0.15, -0.1) is 0 Å². The zero-order valence-corrected chi connectivity index (χ0v) is 18.8. The summed E-state index contributed by atoms with van der Waals surface area (Å²) < 4.78 is 0. The number of para-hydroxylation sites is 1. The minimum absolute atomic E-state index is 0.0507. The normalized spacial score (nSPS) is 12.5. The Morgan fingerprint density at radius 1 is 0.914 bits per heavy atom. The number of aromatic nitrogens is 1. The number of phenols is 1. The SMILES string of the molecule is NCC(=O)NC(Cc1ccc(O)cc1)C(=O)NCC(=O)NC(Cc1c[nH]c2ccccc12)C(=O)O. The summed E-state index contributed by atoms with van der Waals surface area (Å²) in [5.41, 5.74) is 7.58. The Kier molecular flexibility index (Phi) is 8.41. The van der Waals surface area contributed by atoms with Crippen molar-refractivity contribution in [2.45, 2.75) is 24.9 Å². The molecule has 0 spiro atoms. The Balaban J connectivity index is 1.60. The maximum atomic E-state index is 12.7. The quantitative estimate of drug-likeness (QED) is 0.197. The number of hydrogen-bond acceptors (Lipinski definition) is 6. The van der Waals surface area contributed by atoms with Crippen molar-refractivity contribution in [3.63, 3.8) is 0 Å². The average molecular weight is 482 g/mol. The van der Waals surface area contributed by atoms with Crippen molar-refractivity contribution in [3.8, 4) is 5.75 Å². The molecule has 11 nitrogen and oxygen atoms in total. The van der Waals surface area contributed by atoms with Crippen molar-refractivity contribution in [1.29, 1.82) is 0 Å². The molecule has 0 saturated heterocycles. The van der Waals surface area contributed by atoms with E-state index in [0.717, 1.165) is 16.5 Å². The summed E-state index contributed by atoms with van der Waals surface area (Å²) in [5, 5.41) is 27.2. The number of aliphatic carboxylic acids is 1. The lowest BCUT2D eigenvalue weighted by Gasteiger charge is -2.19. The van der Waals surface area contributed by atoms with Gasteiger partial charge in [-0.1, -0.05) is 30.3 Å². The number of carboxylic acids is 1. The Bertz CT molecular complexity index is 1210. The highest BCUT2D eigenvalue weighted by Crippen LogP contribution is 2.19. The number of amides is 3. The van der Waals surface area contributed by atoms with Gasteiger partial charge in [0.25, 0.3) is 0 Å². The second-order valence-corrected chi connectivity index (χ2v) is 7.93. The van der Waals surface area contributed by atoms with E-state index in [1.165, 1.54) is 12.1 Å². The minimum Gasteiger partial charge on any atom is -0.508 e. The first-order chi connectivity index (χ1) is 16.8. The van der Waals surface area contributed by atoms with E-state index >= 15 is 0 Å². The van der Waals surface area contributed by atoms with Crippen LogP contribution >= 0.6 is 0 Å².